The van der Waals surface area contributed by atoms with Gasteiger partial charge in [-0.05, 0) is 12.7 Å². The van der Waals surface area contributed by atoms with Gasteiger partial charge in [-0.3, -0.25) is 14.9 Å². The number of allylic oxidation sites excluding steroid dienone is 4. The van der Waals surface area contributed by atoms with Crippen LogP contribution in [-0.4, -0.2) is 46.1 Å². The third-order valence-electron chi connectivity index (χ3n) is 3.28. The van der Waals surface area contributed by atoms with Crippen LogP contribution in [0.3, 0.4) is 0 Å². The molecule has 1 unspecified atom stereocenters. The number of ketones is 1. The van der Waals surface area contributed by atoms with Gasteiger partial charge in [0.1, 0.15) is 0 Å². The molecule has 1 heterocycles. The Labute approximate surface area is 114 Å². The number of hydrogen-bond acceptors (Lipinski definition) is 7. The number of carbonyl (C=O) groups is 1. The third kappa shape index (κ3) is 2.21. The highest BCUT2D eigenvalue weighted by atomic mass is 16.6. The summed E-state index contributed by atoms with van der Waals surface area (Å²) in [6.45, 7) is 0. The number of hydrogen-bond donors (Lipinski definition) is 2. The van der Waals surface area contributed by atoms with Gasteiger partial charge in [-0.25, -0.2) is 0 Å². The molecule has 1 aliphatic carbocycles. The standard InChI is InChI=1S/C11H12BN3O5/c16-9(11(15(19)20)13-6-7-14-11)10(8-12(17)18)4-2-1-3-5-10/h1-4,6-7,17-18H,5,8H2. The number of carbonyl (C=O) groups excluding carboxylic acids is 1. The summed E-state index contributed by atoms with van der Waals surface area (Å²) in [6, 6.07) is 0. The number of Topliss-reactive ketones (excluding diaryl/α,β-unsaturated/α-hetero) is 1. The fraction of sp³-hybridized carbons (Fsp3) is 0.364. The zero-order valence-electron chi connectivity index (χ0n) is 10.4. The molecule has 0 amide bonds. The van der Waals surface area contributed by atoms with Crippen LogP contribution in [0, 0.1) is 15.5 Å². The molecule has 0 spiro atoms. The van der Waals surface area contributed by atoms with Gasteiger partial charge >= 0.3 is 12.9 Å². The molecule has 0 radical (unpaired) electrons. The van der Waals surface area contributed by atoms with E-state index in [1.807, 2.05) is 0 Å². The van der Waals surface area contributed by atoms with Gasteiger partial charge in [0.05, 0.1) is 10.3 Å². The summed E-state index contributed by atoms with van der Waals surface area (Å²) in [5, 5.41) is 29.6. The van der Waals surface area contributed by atoms with Crippen LogP contribution >= 0.6 is 0 Å². The Morgan fingerprint density at radius 3 is 2.45 bits per heavy atom. The fourth-order valence-corrected chi connectivity index (χ4v) is 2.34. The minimum atomic E-state index is -2.43. The molecule has 0 saturated heterocycles. The summed E-state index contributed by atoms with van der Waals surface area (Å²) in [5.41, 5.74) is -1.41. The summed E-state index contributed by atoms with van der Waals surface area (Å²) >= 11 is 0. The van der Waals surface area contributed by atoms with Gasteiger partial charge in [-0.15, -0.1) is 0 Å². The van der Waals surface area contributed by atoms with Crippen molar-refractivity contribution in [2.24, 2.45) is 15.4 Å². The molecule has 0 bridgehead atoms. The van der Waals surface area contributed by atoms with Crippen LogP contribution in [-0.2, 0) is 4.79 Å². The molecule has 0 aromatic carbocycles. The lowest BCUT2D eigenvalue weighted by molar-refractivity contribution is -0.548. The van der Waals surface area contributed by atoms with E-state index in [-0.39, 0.29) is 12.7 Å². The second-order valence-corrected chi connectivity index (χ2v) is 4.61. The molecule has 2 aliphatic rings. The van der Waals surface area contributed by atoms with E-state index in [1.54, 1.807) is 18.2 Å². The van der Waals surface area contributed by atoms with E-state index in [0.29, 0.717) is 0 Å². The molecular weight excluding hydrogens is 265 g/mol. The predicted octanol–water partition coefficient (Wildman–Crippen LogP) is -0.383. The second-order valence-electron chi connectivity index (χ2n) is 4.61. The lowest BCUT2D eigenvalue weighted by atomic mass is 9.62. The predicted molar refractivity (Wildman–Crippen MR) is 72.0 cm³/mol. The quantitative estimate of drug-likeness (QED) is 0.402. The fourth-order valence-electron chi connectivity index (χ4n) is 2.34. The van der Waals surface area contributed by atoms with Gasteiger partial charge < -0.3 is 10.0 Å². The van der Waals surface area contributed by atoms with Crippen molar-refractivity contribution in [1.82, 2.24) is 0 Å². The molecule has 20 heavy (non-hydrogen) atoms. The summed E-state index contributed by atoms with van der Waals surface area (Å²) in [4.78, 5) is 30.2. The largest absolute Gasteiger partial charge is 0.472 e. The van der Waals surface area contributed by atoms with Gasteiger partial charge in [0.15, 0.2) is 0 Å². The zero-order valence-corrected chi connectivity index (χ0v) is 10.4. The Morgan fingerprint density at radius 2 is 2.00 bits per heavy atom. The number of rotatable bonds is 5. The molecule has 2 N–H and O–H groups in total. The monoisotopic (exact) mass is 277 g/mol. The molecule has 1 aliphatic heterocycles. The Bertz CT molecular complexity index is 542. The number of nitro groups is 1. The molecule has 9 heteroatoms. The first-order chi connectivity index (χ1) is 9.43. The van der Waals surface area contributed by atoms with Crippen molar-refractivity contribution in [3.8, 4) is 0 Å². The van der Waals surface area contributed by atoms with Crippen molar-refractivity contribution in [2.45, 2.75) is 18.5 Å². The molecule has 0 aromatic rings. The normalized spacial score (nSPS) is 25.9. The highest BCUT2D eigenvalue weighted by molar-refractivity contribution is 6.42. The molecule has 0 aromatic heterocycles. The van der Waals surface area contributed by atoms with E-state index in [9.17, 15) is 25.0 Å². The van der Waals surface area contributed by atoms with Crippen LogP contribution in [0.2, 0.25) is 6.32 Å². The lowest BCUT2D eigenvalue weighted by Crippen LogP contribution is -2.51. The average molecular weight is 277 g/mol. The Hall–Kier alpha value is -2.13. The van der Waals surface area contributed by atoms with Gasteiger partial charge in [-0.1, -0.05) is 24.3 Å². The summed E-state index contributed by atoms with van der Waals surface area (Å²) in [6.07, 6.45) is 8.24. The summed E-state index contributed by atoms with van der Waals surface area (Å²) < 4.78 is 0. The first-order valence-corrected chi connectivity index (χ1v) is 5.92. The summed E-state index contributed by atoms with van der Waals surface area (Å²) in [7, 11) is -1.77. The first-order valence-electron chi connectivity index (χ1n) is 5.92. The smallest absolute Gasteiger partial charge is 0.427 e. The van der Waals surface area contributed by atoms with Crippen molar-refractivity contribution < 1.29 is 19.8 Å². The van der Waals surface area contributed by atoms with E-state index < -0.39 is 29.0 Å². The van der Waals surface area contributed by atoms with Crippen LogP contribution in [0.25, 0.3) is 0 Å². The Kier molecular flexibility index (Phi) is 3.64. The van der Waals surface area contributed by atoms with Crippen LogP contribution in [0.4, 0.5) is 0 Å². The van der Waals surface area contributed by atoms with Crippen molar-refractivity contribution in [2.75, 3.05) is 0 Å². The maximum atomic E-state index is 12.6. The van der Waals surface area contributed by atoms with Crippen molar-refractivity contribution in [3.05, 3.63) is 34.4 Å². The zero-order chi connectivity index (χ0) is 14.8. The van der Waals surface area contributed by atoms with E-state index in [2.05, 4.69) is 9.98 Å². The van der Waals surface area contributed by atoms with E-state index in [1.165, 1.54) is 6.08 Å². The van der Waals surface area contributed by atoms with Gasteiger partial charge in [0.25, 0.3) is 5.78 Å². The molecule has 1 atom stereocenters. The van der Waals surface area contributed by atoms with Crippen LogP contribution in [0.15, 0.2) is 34.3 Å². The van der Waals surface area contributed by atoms with Crippen molar-refractivity contribution >= 4 is 25.3 Å². The molecule has 8 nitrogen and oxygen atoms in total. The highest BCUT2D eigenvalue weighted by Gasteiger charge is 2.60. The SMILES string of the molecule is O=C(C1(CB(O)O)C=CC=CC1)C1([N+](=O)[O-])N=CC=N1. The van der Waals surface area contributed by atoms with E-state index in [4.69, 9.17) is 0 Å². The Balaban J connectivity index is 2.44. The second kappa shape index (κ2) is 5.10. The maximum absolute atomic E-state index is 12.6. The van der Waals surface area contributed by atoms with E-state index in [0.717, 1.165) is 12.4 Å². The maximum Gasteiger partial charge on any atom is 0.472 e. The van der Waals surface area contributed by atoms with Crippen LogP contribution in [0.1, 0.15) is 6.42 Å². The Morgan fingerprint density at radius 1 is 1.35 bits per heavy atom. The topological polar surface area (TPSA) is 125 Å². The van der Waals surface area contributed by atoms with E-state index >= 15 is 0 Å². The van der Waals surface area contributed by atoms with Gasteiger partial charge in [0.2, 0.25) is 0 Å². The number of nitrogens with zero attached hydrogens (tertiary/aromatic N) is 3. The lowest BCUT2D eigenvalue weighted by Gasteiger charge is -2.31. The highest BCUT2D eigenvalue weighted by Crippen LogP contribution is 2.40. The average Bonchev–Trinajstić information content (AvgIpc) is 2.88. The number of aliphatic imine (C=N–C) groups is 2. The minimum Gasteiger partial charge on any atom is -0.427 e. The molecule has 0 fully saturated rings. The van der Waals surface area contributed by atoms with Crippen LogP contribution < -0.4 is 0 Å². The molecule has 2 rings (SSSR count). The molecule has 0 saturated carbocycles. The molecular formula is C11H12BN3O5. The van der Waals surface area contributed by atoms with Gasteiger partial charge in [-0.2, -0.15) is 9.98 Å². The minimum absolute atomic E-state index is 0.126. The van der Waals surface area contributed by atoms with Crippen LogP contribution in [0.5, 0.6) is 0 Å². The van der Waals surface area contributed by atoms with Gasteiger partial charge in [0, 0.05) is 12.4 Å². The summed E-state index contributed by atoms with van der Waals surface area (Å²) in [5.74, 6) is -3.31. The van der Waals surface area contributed by atoms with Crippen molar-refractivity contribution in [3.63, 3.8) is 0 Å². The first kappa shape index (κ1) is 14.3. The molecule has 104 valence electrons. The van der Waals surface area contributed by atoms with Crippen molar-refractivity contribution in [1.29, 1.82) is 0 Å². The third-order valence-corrected chi connectivity index (χ3v) is 3.28.